The van der Waals surface area contributed by atoms with Gasteiger partial charge in [-0.25, -0.2) is 13.9 Å². The van der Waals surface area contributed by atoms with Gasteiger partial charge in [-0.05, 0) is 81.7 Å². The van der Waals surface area contributed by atoms with Crippen molar-refractivity contribution in [3.8, 4) is 22.9 Å². The maximum absolute atomic E-state index is 14.6. The van der Waals surface area contributed by atoms with Gasteiger partial charge < -0.3 is 25.6 Å². The van der Waals surface area contributed by atoms with Crippen molar-refractivity contribution >= 4 is 28.9 Å². The molecule has 3 saturated carbocycles. The van der Waals surface area contributed by atoms with Crippen molar-refractivity contribution in [3.63, 3.8) is 0 Å². The van der Waals surface area contributed by atoms with Gasteiger partial charge in [-0.3, -0.25) is 9.59 Å². The maximum Gasteiger partial charge on any atom is 0.251 e. The molecular formula is C34H35ClFN5O5. The first kappa shape index (κ1) is 30.4. The van der Waals surface area contributed by atoms with Gasteiger partial charge in [-0.2, -0.15) is 5.10 Å². The number of aromatic nitrogens is 3. The zero-order valence-electron chi connectivity index (χ0n) is 25.4. The number of hydrogen-bond acceptors (Lipinski definition) is 7. The summed E-state index contributed by atoms with van der Waals surface area (Å²) in [6, 6.07) is 11.3. The summed E-state index contributed by atoms with van der Waals surface area (Å²) in [5, 5.41) is 19.8. The number of amides is 2. The molecule has 7 rings (SSSR count). The van der Waals surface area contributed by atoms with Gasteiger partial charge in [0.05, 0.1) is 41.5 Å². The lowest BCUT2D eigenvalue weighted by molar-refractivity contribution is -0.117. The molecule has 2 amide bonds. The monoisotopic (exact) mass is 647 g/mol. The summed E-state index contributed by atoms with van der Waals surface area (Å²) in [4.78, 5) is 30.6. The molecule has 46 heavy (non-hydrogen) atoms. The Kier molecular flexibility index (Phi) is 7.84. The Labute approximate surface area is 270 Å². The minimum Gasteiger partial charge on any atom is -0.491 e. The molecular weight excluding hydrogens is 613 g/mol. The Morgan fingerprint density at radius 1 is 1.13 bits per heavy atom. The molecule has 12 heteroatoms. The van der Waals surface area contributed by atoms with Crippen molar-refractivity contribution < 1.29 is 28.6 Å². The molecule has 0 unspecified atom stereocenters. The predicted octanol–water partition coefficient (Wildman–Crippen LogP) is 5.06. The second-order valence-corrected chi connectivity index (χ2v) is 12.9. The van der Waals surface area contributed by atoms with E-state index in [0.29, 0.717) is 41.3 Å². The van der Waals surface area contributed by atoms with Crippen LogP contribution >= 0.6 is 11.6 Å². The van der Waals surface area contributed by atoms with E-state index < -0.39 is 17.3 Å². The number of halogens is 2. The molecule has 0 spiro atoms. The van der Waals surface area contributed by atoms with Crippen LogP contribution in [0.1, 0.15) is 78.7 Å². The molecule has 1 atom stereocenters. The third-order valence-electron chi connectivity index (χ3n) is 8.73. The Hall–Kier alpha value is -4.22. The predicted molar refractivity (Wildman–Crippen MR) is 168 cm³/mol. The van der Waals surface area contributed by atoms with E-state index in [1.807, 2.05) is 6.07 Å². The molecule has 4 aromatic rings. The summed E-state index contributed by atoms with van der Waals surface area (Å²) >= 11 is 5.95. The number of carbonyl (C=O) groups is 2. The number of rotatable bonds is 13. The fourth-order valence-corrected chi connectivity index (χ4v) is 5.95. The summed E-state index contributed by atoms with van der Waals surface area (Å²) in [6.45, 7) is 1.87. The minimum atomic E-state index is -1.60. The summed E-state index contributed by atoms with van der Waals surface area (Å²) < 4.78 is 28.4. The Balaban J connectivity index is 1.23. The average Bonchev–Trinajstić information content (AvgIpc) is 3.88. The highest BCUT2D eigenvalue weighted by Gasteiger charge is 2.47. The molecule has 240 valence electrons. The third-order valence-corrected chi connectivity index (χ3v) is 9.03. The standard InChI is InChI=1S/C34H35ClFN5O5/c1-2-45-32-20(14-29(37)42)13-28(39-31(32)19-5-10-25(35)26(36)12-19)34(44,22-6-7-22)17-38-33(43)21-11-23-16-27(18-3-4-18)40-41(23)30(15-21)46-24-8-9-24/h5,10-13,15-16,18,22,24,44H,2-4,6-9,14,17H2,1H3,(H2,37,42)(H,38,43)/t34-/m1/s1. The second kappa shape index (κ2) is 11.9. The van der Waals surface area contributed by atoms with E-state index in [2.05, 4.69) is 5.32 Å². The number of aliphatic hydroxyl groups is 1. The van der Waals surface area contributed by atoms with Gasteiger partial charge in [0.2, 0.25) is 11.8 Å². The zero-order chi connectivity index (χ0) is 32.2. The van der Waals surface area contributed by atoms with Crippen LogP contribution in [-0.2, 0) is 16.8 Å². The number of pyridine rings is 2. The first-order chi connectivity index (χ1) is 22.1. The molecule has 0 saturated heterocycles. The van der Waals surface area contributed by atoms with Crippen LogP contribution in [-0.4, -0.2) is 50.8 Å². The number of nitrogens with one attached hydrogen (secondary N) is 1. The molecule has 4 N–H and O–H groups in total. The molecule has 3 fully saturated rings. The molecule has 3 heterocycles. The van der Waals surface area contributed by atoms with Gasteiger partial charge >= 0.3 is 0 Å². The number of benzene rings is 1. The van der Waals surface area contributed by atoms with Gasteiger partial charge in [-0.15, -0.1) is 0 Å². The fraction of sp³-hybridized carbons (Fsp3) is 0.412. The number of ether oxygens (including phenoxy) is 2. The second-order valence-electron chi connectivity index (χ2n) is 12.5. The zero-order valence-corrected chi connectivity index (χ0v) is 26.1. The van der Waals surface area contributed by atoms with Gasteiger partial charge in [-0.1, -0.05) is 17.7 Å². The van der Waals surface area contributed by atoms with Crippen molar-refractivity contribution in [2.45, 2.75) is 69.5 Å². The van der Waals surface area contributed by atoms with Crippen LogP contribution in [0.5, 0.6) is 11.6 Å². The van der Waals surface area contributed by atoms with Crippen molar-refractivity contribution in [1.29, 1.82) is 0 Å². The van der Waals surface area contributed by atoms with Crippen LogP contribution in [0.3, 0.4) is 0 Å². The van der Waals surface area contributed by atoms with E-state index in [4.69, 9.17) is 36.9 Å². The fourth-order valence-electron chi connectivity index (χ4n) is 5.83. The van der Waals surface area contributed by atoms with Gasteiger partial charge in [0, 0.05) is 28.7 Å². The number of fused-ring (bicyclic) bond motifs is 1. The van der Waals surface area contributed by atoms with E-state index in [1.165, 1.54) is 12.1 Å². The van der Waals surface area contributed by atoms with E-state index in [9.17, 15) is 19.1 Å². The number of nitrogens with two attached hydrogens (primary N) is 1. The van der Waals surface area contributed by atoms with E-state index in [1.54, 1.807) is 35.7 Å². The molecule has 3 aliphatic carbocycles. The first-order valence-electron chi connectivity index (χ1n) is 15.7. The lowest BCUT2D eigenvalue weighted by Crippen LogP contribution is -2.43. The van der Waals surface area contributed by atoms with Crippen molar-refractivity contribution in [2.75, 3.05) is 13.2 Å². The molecule has 3 aliphatic rings. The molecule has 0 bridgehead atoms. The van der Waals surface area contributed by atoms with Gasteiger partial charge in [0.25, 0.3) is 5.91 Å². The lowest BCUT2D eigenvalue weighted by Gasteiger charge is -2.30. The van der Waals surface area contributed by atoms with Crippen molar-refractivity contribution in [3.05, 3.63) is 75.8 Å². The van der Waals surface area contributed by atoms with Crippen molar-refractivity contribution in [2.24, 2.45) is 11.7 Å². The smallest absolute Gasteiger partial charge is 0.251 e. The van der Waals surface area contributed by atoms with E-state index in [-0.39, 0.29) is 59.7 Å². The van der Waals surface area contributed by atoms with E-state index in [0.717, 1.165) is 36.9 Å². The lowest BCUT2D eigenvalue weighted by atomic mass is 9.90. The third kappa shape index (κ3) is 6.13. The normalized spacial score (nSPS) is 17.5. The van der Waals surface area contributed by atoms with Crippen LogP contribution in [0.2, 0.25) is 5.02 Å². The number of hydrogen-bond donors (Lipinski definition) is 3. The average molecular weight is 648 g/mol. The van der Waals surface area contributed by atoms with Crippen molar-refractivity contribution in [1.82, 2.24) is 19.9 Å². The van der Waals surface area contributed by atoms with Gasteiger partial charge in [0.15, 0.2) is 0 Å². The number of primary amides is 1. The topological polar surface area (TPSA) is 141 Å². The molecule has 10 nitrogen and oxygen atoms in total. The van der Waals surface area contributed by atoms with Gasteiger partial charge in [0.1, 0.15) is 29.0 Å². The summed E-state index contributed by atoms with van der Waals surface area (Å²) in [7, 11) is 0. The maximum atomic E-state index is 14.6. The highest BCUT2D eigenvalue weighted by Crippen LogP contribution is 2.47. The Morgan fingerprint density at radius 3 is 2.57 bits per heavy atom. The molecule has 0 radical (unpaired) electrons. The summed E-state index contributed by atoms with van der Waals surface area (Å²) in [5.74, 6) is -0.648. The Morgan fingerprint density at radius 2 is 1.91 bits per heavy atom. The minimum absolute atomic E-state index is 0.0593. The summed E-state index contributed by atoms with van der Waals surface area (Å²) in [6.07, 6.45) is 5.46. The quantitative estimate of drug-likeness (QED) is 0.184. The highest BCUT2D eigenvalue weighted by atomic mass is 35.5. The van der Waals surface area contributed by atoms with Crippen LogP contribution in [0, 0.1) is 11.7 Å². The molecule has 3 aromatic heterocycles. The van der Waals surface area contributed by atoms with Crippen LogP contribution in [0.25, 0.3) is 16.8 Å². The van der Waals surface area contributed by atoms with Crippen LogP contribution < -0.4 is 20.5 Å². The highest BCUT2D eigenvalue weighted by molar-refractivity contribution is 6.30. The summed E-state index contributed by atoms with van der Waals surface area (Å²) in [5.41, 5.74) is 7.34. The number of carbonyl (C=O) groups excluding carboxylic acids is 2. The molecule has 1 aromatic carbocycles. The largest absolute Gasteiger partial charge is 0.491 e. The first-order valence-corrected chi connectivity index (χ1v) is 16.1. The number of nitrogens with zero attached hydrogens (tertiary/aromatic N) is 3. The van der Waals surface area contributed by atoms with Crippen LogP contribution in [0.15, 0.2) is 42.5 Å². The van der Waals surface area contributed by atoms with E-state index >= 15 is 0 Å². The van der Waals surface area contributed by atoms with Crippen LogP contribution in [0.4, 0.5) is 4.39 Å². The SMILES string of the molecule is CCOc1c(CC(N)=O)cc([C@@](O)(CNC(=O)c2cc(OC3CC3)n3nc(C4CC4)cc3c2)C2CC2)nc1-c1ccc(Cl)c(F)c1. The Bertz CT molecular complexity index is 1850. The molecule has 0 aliphatic heterocycles.